The molecular formula is C37H28ClN3O6. The van der Waals surface area contributed by atoms with Crippen molar-refractivity contribution >= 4 is 57.7 Å². The first kappa shape index (κ1) is 29.1. The van der Waals surface area contributed by atoms with E-state index in [0.717, 1.165) is 5.57 Å². The molecule has 2 aliphatic heterocycles. The van der Waals surface area contributed by atoms with Gasteiger partial charge in [0, 0.05) is 16.3 Å². The van der Waals surface area contributed by atoms with E-state index in [-0.39, 0.29) is 18.6 Å². The van der Waals surface area contributed by atoms with Gasteiger partial charge in [-0.25, -0.2) is 9.69 Å². The molecule has 3 fully saturated rings. The van der Waals surface area contributed by atoms with Crippen LogP contribution in [0.15, 0.2) is 103 Å². The number of phenols is 1. The number of benzene rings is 4. The quantitative estimate of drug-likeness (QED) is 0.225. The number of hydrogen-bond acceptors (Lipinski definition) is 6. The maximum atomic E-state index is 15.3. The summed E-state index contributed by atoms with van der Waals surface area (Å²) >= 11 is 6.36. The van der Waals surface area contributed by atoms with Crippen LogP contribution in [0.1, 0.15) is 29.9 Å². The standard InChI is InChI=1S/C37H28ClN3O6/c38-20-9-6-10-21(17-20)40-33(44)28-18-27-25(13-14-26-30(27)34(45)41(32(26)43)36(39)47)31(37(28,35(40)46)19-7-2-1-3-8-19)24-15-16-29(42)23-12-5-4-11-22(23)24/h1-13,15-17,26-28,30-31,42H,14,18H2,(H2,39,47)/t26-,27+,28-,30-,31-,37+/m0/s1. The van der Waals surface area contributed by atoms with Crippen LogP contribution in [0.3, 0.4) is 0 Å². The second kappa shape index (κ2) is 10.4. The number of carbonyl (C=O) groups excluding carboxylic acids is 5. The zero-order valence-corrected chi connectivity index (χ0v) is 25.6. The third-order valence-corrected chi connectivity index (χ3v) is 10.9. The number of hydrogen-bond donors (Lipinski definition) is 2. The molecule has 3 N–H and O–H groups in total. The van der Waals surface area contributed by atoms with Crippen molar-refractivity contribution in [1.29, 1.82) is 0 Å². The number of imide groups is 4. The number of anilines is 1. The molecule has 0 bridgehead atoms. The molecule has 234 valence electrons. The van der Waals surface area contributed by atoms with Gasteiger partial charge in [0.1, 0.15) is 5.75 Å². The number of carbonyl (C=O) groups is 5. The van der Waals surface area contributed by atoms with E-state index in [4.69, 9.17) is 17.3 Å². The Morgan fingerprint density at radius 2 is 1.55 bits per heavy atom. The number of allylic oxidation sites excluding steroid dienone is 2. The van der Waals surface area contributed by atoms with Crippen LogP contribution in [0.25, 0.3) is 10.8 Å². The third kappa shape index (κ3) is 3.86. The molecule has 0 aromatic heterocycles. The molecule has 0 unspecified atom stereocenters. The van der Waals surface area contributed by atoms with Gasteiger partial charge in [0.05, 0.1) is 28.9 Å². The minimum atomic E-state index is -1.47. The number of amides is 6. The van der Waals surface area contributed by atoms with Gasteiger partial charge >= 0.3 is 6.03 Å². The van der Waals surface area contributed by atoms with Gasteiger partial charge in [-0.1, -0.05) is 90.0 Å². The van der Waals surface area contributed by atoms with Crippen molar-refractivity contribution in [3.05, 3.63) is 119 Å². The van der Waals surface area contributed by atoms with E-state index in [9.17, 15) is 24.3 Å². The highest BCUT2D eigenvalue weighted by atomic mass is 35.5. The first-order valence-corrected chi connectivity index (χ1v) is 15.8. The highest BCUT2D eigenvalue weighted by Crippen LogP contribution is 2.65. The van der Waals surface area contributed by atoms with Crippen LogP contribution in [-0.4, -0.2) is 39.7 Å². The number of urea groups is 1. The number of rotatable bonds is 3. The molecule has 8 rings (SSSR count). The van der Waals surface area contributed by atoms with Gasteiger partial charge in [-0.05, 0) is 59.5 Å². The van der Waals surface area contributed by atoms with Gasteiger partial charge in [0.2, 0.25) is 23.6 Å². The fraction of sp³-hybridized carbons (Fsp3) is 0.216. The largest absolute Gasteiger partial charge is 0.507 e. The number of nitrogens with two attached hydrogens (primary N) is 1. The molecule has 9 nitrogen and oxygen atoms in total. The monoisotopic (exact) mass is 645 g/mol. The average Bonchev–Trinajstić information content (AvgIpc) is 3.46. The normalized spacial score (nSPS) is 28.3. The molecule has 4 aromatic rings. The smallest absolute Gasteiger partial charge is 0.328 e. The molecular weight excluding hydrogens is 618 g/mol. The van der Waals surface area contributed by atoms with Gasteiger partial charge in [-0.3, -0.25) is 19.2 Å². The fourth-order valence-electron chi connectivity index (χ4n) is 8.86. The zero-order valence-electron chi connectivity index (χ0n) is 24.9. The Morgan fingerprint density at radius 3 is 2.28 bits per heavy atom. The van der Waals surface area contributed by atoms with Gasteiger partial charge in [0.15, 0.2) is 0 Å². The second-order valence-electron chi connectivity index (χ2n) is 12.7. The van der Waals surface area contributed by atoms with Crippen LogP contribution >= 0.6 is 11.6 Å². The van der Waals surface area contributed by atoms with Crippen LogP contribution < -0.4 is 10.6 Å². The van der Waals surface area contributed by atoms with Crippen LogP contribution in [0.4, 0.5) is 10.5 Å². The van der Waals surface area contributed by atoms with E-state index >= 15 is 4.79 Å². The van der Waals surface area contributed by atoms with Gasteiger partial charge < -0.3 is 10.8 Å². The number of primary amides is 1. The number of fused-ring (bicyclic) bond motifs is 5. The first-order chi connectivity index (χ1) is 22.7. The lowest BCUT2D eigenvalue weighted by molar-refractivity contribution is -0.136. The molecule has 4 aliphatic rings. The third-order valence-electron chi connectivity index (χ3n) is 10.6. The van der Waals surface area contributed by atoms with Gasteiger partial charge in [-0.15, -0.1) is 0 Å². The molecule has 0 spiro atoms. The van der Waals surface area contributed by atoms with Crippen molar-refractivity contribution < 1.29 is 29.1 Å². The maximum absolute atomic E-state index is 15.3. The molecule has 2 heterocycles. The van der Waals surface area contributed by atoms with Crippen LogP contribution in [0.2, 0.25) is 5.02 Å². The predicted molar refractivity (Wildman–Crippen MR) is 173 cm³/mol. The highest BCUT2D eigenvalue weighted by Gasteiger charge is 2.70. The summed E-state index contributed by atoms with van der Waals surface area (Å²) in [5.41, 5.74) is 6.42. The molecule has 6 amide bonds. The van der Waals surface area contributed by atoms with Crippen LogP contribution in [-0.2, 0) is 24.6 Å². The molecule has 4 aromatic carbocycles. The Labute approximate surface area is 274 Å². The Balaban J connectivity index is 1.44. The summed E-state index contributed by atoms with van der Waals surface area (Å²) in [5, 5.41) is 12.5. The molecule has 6 atom stereocenters. The van der Waals surface area contributed by atoms with Crippen LogP contribution in [0, 0.1) is 23.7 Å². The molecule has 10 heteroatoms. The number of nitrogens with zero attached hydrogens (tertiary/aromatic N) is 2. The molecule has 0 radical (unpaired) electrons. The van der Waals surface area contributed by atoms with Crippen molar-refractivity contribution in [3.63, 3.8) is 0 Å². The molecule has 1 saturated carbocycles. The maximum Gasteiger partial charge on any atom is 0.328 e. The summed E-state index contributed by atoms with van der Waals surface area (Å²) in [4.78, 5) is 71.3. The summed E-state index contributed by atoms with van der Waals surface area (Å²) in [5.74, 6) is -6.30. The fourth-order valence-corrected chi connectivity index (χ4v) is 9.05. The van der Waals surface area contributed by atoms with E-state index in [2.05, 4.69) is 0 Å². The number of halogens is 1. The molecule has 2 aliphatic carbocycles. The number of aromatic hydroxyl groups is 1. The summed E-state index contributed by atoms with van der Waals surface area (Å²) in [6.45, 7) is 0. The Hall–Kier alpha value is -5.28. The number of likely N-dealkylation sites (tertiary alicyclic amines) is 1. The Bertz CT molecular complexity index is 2100. The minimum absolute atomic E-state index is 0.0581. The lowest BCUT2D eigenvalue weighted by Crippen LogP contribution is -2.53. The SMILES string of the molecule is NC(=O)N1C(=O)[C@H]2[C@H](CC=C3[C@H]2C[C@H]2C(=O)N(c4cccc(Cl)c4)C(=O)[C@@]2(c2ccccc2)[C@H]3c2ccc(O)c3ccccc23)C1=O. The minimum Gasteiger partial charge on any atom is -0.507 e. The zero-order chi connectivity index (χ0) is 32.8. The van der Waals surface area contributed by atoms with Crippen LogP contribution in [0.5, 0.6) is 5.75 Å². The topological polar surface area (TPSA) is 138 Å². The van der Waals surface area contributed by atoms with Crippen molar-refractivity contribution in [2.75, 3.05) is 4.90 Å². The summed E-state index contributed by atoms with van der Waals surface area (Å²) < 4.78 is 0. The first-order valence-electron chi connectivity index (χ1n) is 15.4. The summed E-state index contributed by atoms with van der Waals surface area (Å²) in [7, 11) is 0. The summed E-state index contributed by atoms with van der Waals surface area (Å²) in [6.07, 6.45) is 2.16. The van der Waals surface area contributed by atoms with Crippen molar-refractivity contribution in [3.8, 4) is 5.75 Å². The lowest BCUT2D eigenvalue weighted by Gasteiger charge is -2.51. The van der Waals surface area contributed by atoms with E-state index in [1.54, 1.807) is 42.5 Å². The molecule has 2 saturated heterocycles. The van der Waals surface area contributed by atoms with Gasteiger partial charge in [0.25, 0.3) is 0 Å². The number of phenolic OH excluding ortho intramolecular Hbond substituents is 1. The van der Waals surface area contributed by atoms with Crippen molar-refractivity contribution in [2.24, 2.45) is 29.4 Å². The Kier molecular flexibility index (Phi) is 6.43. The highest BCUT2D eigenvalue weighted by molar-refractivity contribution is 6.32. The van der Waals surface area contributed by atoms with E-state index in [1.165, 1.54) is 4.90 Å². The molecule has 47 heavy (non-hydrogen) atoms. The van der Waals surface area contributed by atoms with Crippen molar-refractivity contribution in [1.82, 2.24) is 4.90 Å². The van der Waals surface area contributed by atoms with E-state index in [1.807, 2.05) is 54.6 Å². The Morgan fingerprint density at radius 1 is 0.830 bits per heavy atom. The predicted octanol–water partition coefficient (Wildman–Crippen LogP) is 5.44. The summed E-state index contributed by atoms with van der Waals surface area (Å²) in [6, 6.07) is 25.3. The van der Waals surface area contributed by atoms with Crippen molar-refractivity contribution in [2.45, 2.75) is 24.2 Å². The van der Waals surface area contributed by atoms with E-state index < -0.39 is 64.7 Å². The van der Waals surface area contributed by atoms with E-state index in [0.29, 0.717) is 37.5 Å². The average molecular weight is 646 g/mol. The second-order valence-corrected chi connectivity index (χ2v) is 13.1. The van der Waals surface area contributed by atoms with Gasteiger partial charge in [-0.2, -0.15) is 4.90 Å². The lowest BCUT2D eigenvalue weighted by atomic mass is 9.49.